The topological polar surface area (TPSA) is 99.4 Å². The average molecular weight is 293 g/mol. The first-order valence-corrected chi connectivity index (χ1v) is 6.37. The maximum Gasteiger partial charge on any atom is 0.414 e. The number of carbonyl (C=O) groups is 2. The van der Waals surface area contributed by atoms with Crippen LogP contribution in [0.25, 0.3) is 0 Å². The monoisotopic (exact) mass is 292 g/mol. The summed E-state index contributed by atoms with van der Waals surface area (Å²) < 4.78 is 0. The molecule has 0 saturated carbocycles. The average Bonchev–Trinajstić information content (AvgIpc) is 2.98. The van der Waals surface area contributed by atoms with Crippen molar-refractivity contribution in [3.05, 3.63) is 0 Å². The van der Waals surface area contributed by atoms with Gasteiger partial charge in [-0.25, -0.2) is 9.59 Å². The molecule has 3 unspecified atom stereocenters. The zero-order valence-corrected chi connectivity index (χ0v) is 11.3. The van der Waals surface area contributed by atoms with Crippen molar-refractivity contribution in [2.24, 2.45) is 17.0 Å². The van der Waals surface area contributed by atoms with Gasteiger partial charge < -0.3 is 20.0 Å². The van der Waals surface area contributed by atoms with Gasteiger partial charge in [0.15, 0.2) is 0 Å². The molecule has 0 aromatic heterocycles. The van der Waals surface area contributed by atoms with Gasteiger partial charge >= 0.3 is 11.9 Å². The summed E-state index contributed by atoms with van der Waals surface area (Å²) in [5.41, 5.74) is 0. The largest absolute Gasteiger partial charge is 0.473 e. The Bertz CT molecular complexity index is 362. The lowest BCUT2D eigenvalue weighted by molar-refractivity contribution is -0.159. The van der Waals surface area contributed by atoms with E-state index in [2.05, 4.69) is 10.1 Å². The van der Waals surface area contributed by atoms with E-state index in [-0.39, 0.29) is 0 Å². The van der Waals surface area contributed by atoms with Gasteiger partial charge in [-0.3, -0.25) is 0 Å². The van der Waals surface area contributed by atoms with Crippen LogP contribution in [0.5, 0.6) is 0 Å². The molecule has 0 aromatic rings. The second-order valence-corrected chi connectivity index (χ2v) is 4.74. The first-order chi connectivity index (χ1) is 8.95. The van der Waals surface area contributed by atoms with Crippen LogP contribution in [0, 0.1) is 11.8 Å². The standard InChI is InChI=1S/C9H15ClN2O.C2H2O4/c1-2-13-11-9(10)8-6-12-4-3-7(8)5-12;3-1(4)2(5)6/h7-8H,2-6H2,1H3;(H,3,4)(H,5,6). The number of fused-ring (bicyclic) bond motifs is 2. The number of nitrogens with zero attached hydrogens (tertiary/aromatic N) is 2. The third-order valence-corrected chi connectivity index (χ3v) is 3.45. The molecule has 2 rings (SSSR count). The molecule has 7 nitrogen and oxygen atoms in total. The molecule has 0 amide bonds. The quantitative estimate of drug-likeness (QED) is 0.451. The van der Waals surface area contributed by atoms with Gasteiger partial charge in [-0.1, -0.05) is 16.8 Å². The van der Waals surface area contributed by atoms with Crippen molar-refractivity contribution in [2.45, 2.75) is 13.3 Å². The van der Waals surface area contributed by atoms with E-state index in [4.69, 9.17) is 36.2 Å². The lowest BCUT2D eigenvalue weighted by Gasteiger charge is -2.19. The first kappa shape index (κ1) is 15.7. The Balaban J connectivity index is 0.000000258. The number of carboxylic acid groups (broad SMARTS) is 2. The van der Waals surface area contributed by atoms with Gasteiger partial charge in [-0.2, -0.15) is 0 Å². The summed E-state index contributed by atoms with van der Waals surface area (Å²) in [6, 6.07) is 0. The summed E-state index contributed by atoms with van der Waals surface area (Å²) in [5.74, 6) is -2.50. The Kier molecular flexibility index (Phi) is 6.04. The molecular weight excluding hydrogens is 276 g/mol. The van der Waals surface area contributed by atoms with Crippen molar-refractivity contribution in [1.82, 2.24) is 4.90 Å². The first-order valence-electron chi connectivity index (χ1n) is 5.99. The van der Waals surface area contributed by atoms with Gasteiger partial charge in [0.1, 0.15) is 11.8 Å². The Morgan fingerprint density at radius 3 is 2.37 bits per heavy atom. The summed E-state index contributed by atoms with van der Waals surface area (Å²) in [6.07, 6.45) is 1.27. The van der Waals surface area contributed by atoms with E-state index < -0.39 is 11.9 Å². The van der Waals surface area contributed by atoms with Gasteiger partial charge in [0.25, 0.3) is 0 Å². The third-order valence-electron chi connectivity index (χ3n) is 3.10. The summed E-state index contributed by atoms with van der Waals surface area (Å²) in [6.45, 7) is 6.01. The number of hydrogen-bond donors (Lipinski definition) is 2. The lowest BCUT2D eigenvalue weighted by Crippen LogP contribution is -2.27. The van der Waals surface area contributed by atoms with Gasteiger partial charge in [-0.15, -0.1) is 0 Å². The Hall–Kier alpha value is -1.34. The molecule has 2 bridgehead atoms. The predicted molar refractivity (Wildman–Crippen MR) is 68.2 cm³/mol. The molecule has 2 fully saturated rings. The number of rotatable bonds is 3. The van der Waals surface area contributed by atoms with Crippen molar-refractivity contribution < 1.29 is 24.6 Å². The zero-order valence-electron chi connectivity index (χ0n) is 10.6. The van der Waals surface area contributed by atoms with E-state index in [1.54, 1.807) is 0 Å². The fourth-order valence-corrected chi connectivity index (χ4v) is 2.54. The third kappa shape index (κ3) is 4.68. The van der Waals surface area contributed by atoms with E-state index >= 15 is 0 Å². The molecule has 19 heavy (non-hydrogen) atoms. The number of hydrogen-bond acceptors (Lipinski definition) is 5. The molecule has 2 saturated heterocycles. The van der Waals surface area contributed by atoms with Gasteiger partial charge in [0.2, 0.25) is 0 Å². The number of piperidine rings is 1. The molecule has 2 aliphatic rings. The van der Waals surface area contributed by atoms with E-state index in [9.17, 15) is 0 Å². The number of carboxylic acids is 2. The van der Waals surface area contributed by atoms with Gasteiger partial charge in [-0.05, 0) is 25.8 Å². The second kappa shape index (κ2) is 7.30. The number of oxime groups is 1. The highest BCUT2D eigenvalue weighted by atomic mass is 35.5. The molecule has 2 heterocycles. The van der Waals surface area contributed by atoms with Crippen molar-refractivity contribution in [3.8, 4) is 0 Å². The highest BCUT2D eigenvalue weighted by molar-refractivity contribution is 6.65. The van der Waals surface area contributed by atoms with E-state index in [1.807, 2.05) is 6.92 Å². The molecule has 8 heteroatoms. The lowest BCUT2D eigenvalue weighted by atomic mass is 9.94. The second-order valence-electron chi connectivity index (χ2n) is 4.36. The minimum absolute atomic E-state index is 0.432. The minimum atomic E-state index is -1.82. The van der Waals surface area contributed by atoms with Crippen LogP contribution in [-0.4, -0.2) is 58.5 Å². The van der Waals surface area contributed by atoms with Crippen LogP contribution in [0.15, 0.2) is 5.16 Å². The molecule has 2 aliphatic heterocycles. The molecular formula is C11H17ClN2O5. The van der Waals surface area contributed by atoms with Crippen LogP contribution < -0.4 is 0 Å². The SMILES string of the molecule is CCON=C(Cl)C1CN2CCC1C2.O=C(O)C(=O)O. The maximum absolute atomic E-state index is 9.10. The van der Waals surface area contributed by atoms with E-state index in [0.29, 0.717) is 17.7 Å². The number of halogens is 1. The maximum atomic E-state index is 9.10. The Morgan fingerprint density at radius 2 is 2.00 bits per heavy atom. The van der Waals surface area contributed by atoms with Crippen LogP contribution in [0.3, 0.4) is 0 Å². The Morgan fingerprint density at radius 1 is 1.37 bits per heavy atom. The van der Waals surface area contributed by atoms with Crippen molar-refractivity contribution >= 4 is 28.7 Å². The van der Waals surface area contributed by atoms with Gasteiger partial charge in [0.05, 0.1) is 0 Å². The van der Waals surface area contributed by atoms with Crippen molar-refractivity contribution in [2.75, 3.05) is 26.2 Å². The van der Waals surface area contributed by atoms with Crippen molar-refractivity contribution in [1.29, 1.82) is 0 Å². The highest BCUT2D eigenvalue weighted by Gasteiger charge is 2.40. The minimum Gasteiger partial charge on any atom is -0.473 e. The predicted octanol–water partition coefficient (Wildman–Crippen LogP) is 0.682. The molecule has 108 valence electrons. The molecule has 0 aromatic carbocycles. The summed E-state index contributed by atoms with van der Waals surface area (Å²) >= 11 is 6.06. The van der Waals surface area contributed by atoms with E-state index in [1.165, 1.54) is 19.5 Å². The molecule has 0 aliphatic carbocycles. The van der Waals surface area contributed by atoms with Crippen LogP contribution in [0.4, 0.5) is 0 Å². The normalized spacial score (nSPS) is 28.5. The molecule has 3 atom stereocenters. The number of aliphatic carboxylic acids is 2. The molecule has 2 N–H and O–H groups in total. The van der Waals surface area contributed by atoms with Crippen LogP contribution in [-0.2, 0) is 14.4 Å². The Labute approximate surface area is 115 Å². The summed E-state index contributed by atoms with van der Waals surface area (Å²) in [5, 5.41) is 19.3. The molecule has 0 radical (unpaired) electrons. The zero-order chi connectivity index (χ0) is 14.4. The smallest absolute Gasteiger partial charge is 0.414 e. The summed E-state index contributed by atoms with van der Waals surface area (Å²) in [4.78, 5) is 25.6. The van der Waals surface area contributed by atoms with Gasteiger partial charge in [0, 0.05) is 19.0 Å². The van der Waals surface area contributed by atoms with Crippen LogP contribution >= 0.6 is 11.6 Å². The fourth-order valence-electron chi connectivity index (χ4n) is 2.25. The fraction of sp³-hybridized carbons (Fsp3) is 0.727. The van der Waals surface area contributed by atoms with Crippen molar-refractivity contribution in [3.63, 3.8) is 0 Å². The van der Waals surface area contributed by atoms with Crippen LogP contribution in [0.1, 0.15) is 13.3 Å². The highest BCUT2D eigenvalue weighted by Crippen LogP contribution is 2.34. The van der Waals surface area contributed by atoms with E-state index in [0.717, 1.165) is 12.5 Å². The summed E-state index contributed by atoms with van der Waals surface area (Å²) in [7, 11) is 0. The van der Waals surface area contributed by atoms with Crippen LogP contribution in [0.2, 0.25) is 0 Å². The molecule has 0 spiro atoms.